The van der Waals surface area contributed by atoms with Crippen molar-refractivity contribution >= 4 is 22.5 Å². The molecule has 0 aliphatic rings. The first kappa shape index (κ1) is 19.2. The lowest BCUT2D eigenvalue weighted by Crippen LogP contribution is -2.18. The van der Waals surface area contributed by atoms with Gasteiger partial charge in [0.25, 0.3) is 0 Å². The molecule has 152 valence electrons. The zero-order chi connectivity index (χ0) is 20.7. The van der Waals surface area contributed by atoms with Crippen molar-refractivity contribution in [3.63, 3.8) is 0 Å². The Kier molecular flexibility index (Phi) is 4.87. The van der Waals surface area contributed by atoms with Gasteiger partial charge in [-0.3, -0.25) is 4.68 Å². The van der Waals surface area contributed by atoms with E-state index in [9.17, 15) is 0 Å². The quantitative estimate of drug-likeness (QED) is 0.539. The molecule has 0 saturated heterocycles. The standard InChI is InChI=1S/C21H27N7O/c1-13-11-16-18(28(13)10-9-26(4)5)12-17(20-14(2)25-29-15(20)3)22-21(16)23-19-7-8-27(6)24-19/h7-8,11-12H,9-10H2,1-6H3,(H,22,23,24). The Morgan fingerprint density at radius 2 is 1.97 bits per heavy atom. The third-order valence-electron chi connectivity index (χ3n) is 5.13. The predicted molar refractivity (Wildman–Crippen MR) is 114 cm³/mol. The molecule has 0 saturated carbocycles. The van der Waals surface area contributed by atoms with Gasteiger partial charge in [-0.05, 0) is 47.0 Å². The molecule has 0 unspecified atom stereocenters. The minimum Gasteiger partial charge on any atom is -0.361 e. The van der Waals surface area contributed by atoms with Crippen LogP contribution in [-0.4, -0.2) is 50.0 Å². The molecule has 0 aliphatic heterocycles. The number of pyridine rings is 1. The van der Waals surface area contributed by atoms with Gasteiger partial charge in [-0.25, -0.2) is 4.98 Å². The molecule has 0 amide bonds. The lowest BCUT2D eigenvalue weighted by molar-refractivity contribution is 0.385. The number of likely N-dealkylation sites (N-methyl/N-ethyl adjacent to an activating group) is 1. The van der Waals surface area contributed by atoms with E-state index in [-0.39, 0.29) is 0 Å². The maximum absolute atomic E-state index is 5.40. The van der Waals surface area contributed by atoms with Crippen LogP contribution < -0.4 is 5.32 Å². The fourth-order valence-corrected chi connectivity index (χ4v) is 3.66. The molecule has 0 aliphatic carbocycles. The lowest BCUT2D eigenvalue weighted by Gasteiger charge is -2.14. The minimum atomic E-state index is 0.760. The van der Waals surface area contributed by atoms with E-state index >= 15 is 0 Å². The van der Waals surface area contributed by atoms with Crippen LogP contribution >= 0.6 is 0 Å². The van der Waals surface area contributed by atoms with Gasteiger partial charge in [0.05, 0.1) is 22.5 Å². The van der Waals surface area contributed by atoms with Gasteiger partial charge < -0.3 is 19.3 Å². The largest absolute Gasteiger partial charge is 0.361 e. The van der Waals surface area contributed by atoms with Crippen molar-refractivity contribution < 1.29 is 4.52 Å². The molecular weight excluding hydrogens is 366 g/mol. The zero-order valence-corrected chi connectivity index (χ0v) is 17.8. The number of hydrogen-bond donors (Lipinski definition) is 1. The number of anilines is 2. The highest BCUT2D eigenvalue weighted by molar-refractivity contribution is 5.95. The molecule has 8 heteroatoms. The second kappa shape index (κ2) is 7.36. The van der Waals surface area contributed by atoms with Gasteiger partial charge in [-0.15, -0.1) is 0 Å². The summed E-state index contributed by atoms with van der Waals surface area (Å²) in [6.45, 7) is 7.85. The van der Waals surface area contributed by atoms with E-state index in [2.05, 4.69) is 58.2 Å². The smallest absolute Gasteiger partial charge is 0.153 e. The third kappa shape index (κ3) is 3.63. The Bertz CT molecular complexity index is 1150. The van der Waals surface area contributed by atoms with E-state index in [0.717, 1.165) is 58.3 Å². The predicted octanol–water partition coefficient (Wildman–Crippen LogP) is 3.66. The average Bonchev–Trinajstić information content (AvgIpc) is 3.31. The van der Waals surface area contributed by atoms with Crippen LogP contribution in [0, 0.1) is 20.8 Å². The van der Waals surface area contributed by atoms with Gasteiger partial charge in [0.15, 0.2) is 5.82 Å². The molecule has 4 rings (SSSR count). The van der Waals surface area contributed by atoms with E-state index < -0.39 is 0 Å². The molecule has 0 bridgehead atoms. The van der Waals surface area contributed by atoms with E-state index in [4.69, 9.17) is 9.51 Å². The summed E-state index contributed by atoms with van der Waals surface area (Å²) in [4.78, 5) is 7.12. The number of rotatable bonds is 6. The first-order valence-corrected chi connectivity index (χ1v) is 9.69. The molecule has 0 atom stereocenters. The molecular formula is C21H27N7O. The first-order chi connectivity index (χ1) is 13.8. The fraction of sp³-hybridized carbons (Fsp3) is 0.381. The Morgan fingerprint density at radius 1 is 1.17 bits per heavy atom. The maximum Gasteiger partial charge on any atom is 0.153 e. The van der Waals surface area contributed by atoms with Crippen LogP contribution in [0.1, 0.15) is 17.1 Å². The summed E-state index contributed by atoms with van der Waals surface area (Å²) in [5.41, 5.74) is 4.95. The highest BCUT2D eigenvalue weighted by atomic mass is 16.5. The first-order valence-electron chi connectivity index (χ1n) is 9.69. The van der Waals surface area contributed by atoms with Gasteiger partial charge in [-0.1, -0.05) is 5.16 Å². The Hall–Kier alpha value is -3.13. The number of fused-ring (bicyclic) bond motifs is 1. The Labute approximate surface area is 170 Å². The van der Waals surface area contributed by atoms with E-state index in [1.807, 2.05) is 33.2 Å². The van der Waals surface area contributed by atoms with Crippen LogP contribution in [0.5, 0.6) is 0 Å². The van der Waals surface area contributed by atoms with Crippen LogP contribution in [0.3, 0.4) is 0 Å². The molecule has 4 aromatic heterocycles. The average molecular weight is 393 g/mol. The summed E-state index contributed by atoms with van der Waals surface area (Å²) in [6, 6.07) is 6.25. The summed E-state index contributed by atoms with van der Waals surface area (Å²) in [7, 11) is 6.08. The minimum absolute atomic E-state index is 0.760. The highest BCUT2D eigenvalue weighted by Crippen LogP contribution is 2.34. The van der Waals surface area contributed by atoms with E-state index in [0.29, 0.717) is 0 Å². The molecule has 0 fully saturated rings. The second-order valence-corrected chi connectivity index (χ2v) is 7.73. The number of aromatic nitrogens is 5. The van der Waals surface area contributed by atoms with Crippen LogP contribution in [0.25, 0.3) is 22.2 Å². The van der Waals surface area contributed by atoms with Crippen molar-refractivity contribution in [1.82, 2.24) is 29.4 Å². The summed E-state index contributed by atoms with van der Waals surface area (Å²) < 4.78 is 9.50. The number of hydrogen-bond acceptors (Lipinski definition) is 6. The number of nitrogens with one attached hydrogen (secondary N) is 1. The van der Waals surface area contributed by atoms with Crippen LogP contribution in [0.4, 0.5) is 11.6 Å². The summed E-state index contributed by atoms with van der Waals surface area (Å²) in [5.74, 6) is 2.31. The van der Waals surface area contributed by atoms with Crippen molar-refractivity contribution in [2.45, 2.75) is 27.3 Å². The summed E-state index contributed by atoms with van der Waals surface area (Å²) >= 11 is 0. The SMILES string of the molecule is Cc1noc(C)c1-c1cc2c(cc(C)n2CCN(C)C)c(Nc2ccn(C)n2)n1. The number of aryl methyl sites for hydroxylation is 4. The van der Waals surface area contributed by atoms with Crippen molar-refractivity contribution in [2.75, 3.05) is 26.0 Å². The van der Waals surface area contributed by atoms with Gasteiger partial charge in [0.2, 0.25) is 0 Å². The normalized spacial score (nSPS) is 11.7. The molecule has 29 heavy (non-hydrogen) atoms. The van der Waals surface area contributed by atoms with Crippen LogP contribution in [-0.2, 0) is 13.6 Å². The monoisotopic (exact) mass is 393 g/mol. The Morgan fingerprint density at radius 3 is 2.59 bits per heavy atom. The van der Waals surface area contributed by atoms with Crippen molar-refractivity contribution in [2.24, 2.45) is 7.05 Å². The molecule has 0 spiro atoms. The van der Waals surface area contributed by atoms with E-state index in [1.54, 1.807) is 4.68 Å². The van der Waals surface area contributed by atoms with E-state index in [1.165, 1.54) is 5.69 Å². The van der Waals surface area contributed by atoms with Crippen LogP contribution in [0.15, 0.2) is 28.9 Å². The van der Waals surface area contributed by atoms with Crippen molar-refractivity contribution in [3.8, 4) is 11.3 Å². The van der Waals surface area contributed by atoms with Gasteiger partial charge >= 0.3 is 0 Å². The maximum atomic E-state index is 5.40. The molecule has 4 aromatic rings. The van der Waals surface area contributed by atoms with Gasteiger partial charge in [0, 0.05) is 43.5 Å². The summed E-state index contributed by atoms with van der Waals surface area (Å²) in [5, 5.41) is 13.0. The second-order valence-electron chi connectivity index (χ2n) is 7.73. The van der Waals surface area contributed by atoms with Crippen molar-refractivity contribution in [1.29, 1.82) is 0 Å². The molecule has 0 aromatic carbocycles. The lowest BCUT2D eigenvalue weighted by atomic mass is 10.1. The topological polar surface area (TPSA) is 76.9 Å². The zero-order valence-electron chi connectivity index (χ0n) is 17.8. The fourth-order valence-electron chi connectivity index (χ4n) is 3.66. The molecule has 4 heterocycles. The molecule has 0 radical (unpaired) electrons. The molecule has 8 nitrogen and oxygen atoms in total. The van der Waals surface area contributed by atoms with Gasteiger partial charge in [0.1, 0.15) is 11.6 Å². The van der Waals surface area contributed by atoms with Crippen LogP contribution in [0.2, 0.25) is 0 Å². The molecule has 1 N–H and O–H groups in total. The third-order valence-corrected chi connectivity index (χ3v) is 5.13. The highest BCUT2D eigenvalue weighted by Gasteiger charge is 2.19. The number of nitrogens with zero attached hydrogens (tertiary/aromatic N) is 6. The van der Waals surface area contributed by atoms with Gasteiger partial charge in [-0.2, -0.15) is 5.10 Å². The van der Waals surface area contributed by atoms with Crippen molar-refractivity contribution in [3.05, 3.63) is 41.5 Å². The summed E-state index contributed by atoms with van der Waals surface area (Å²) in [6.07, 6.45) is 1.91. The Balaban J connectivity index is 1.90.